The number of rotatable bonds is 2. The van der Waals surface area contributed by atoms with E-state index in [1.165, 1.54) is 29.5 Å². The van der Waals surface area contributed by atoms with Gasteiger partial charge in [-0.25, -0.2) is 9.37 Å². The van der Waals surface area contributed by atoms with Gasteiger partial charge < -0.3 is 11.1 Å². The lowest BCUT2D eigenvalue weighted by molar-refractivity contribution is 0.102. The van der Waals surface area contributed by atoms with Crippen molar-refractivity contribution in [1.29, 1.82) is 0 Å². The van der Waals surface area contributed by atoms with Crippen molar-refractivity contribution in [3.05, 3.63) is 52.2 Å². The van der Waals surface area contributed by atoms with Crippen LogP contribution in [0.4, 0.5) is 15.8 Å². The zero-order valence-electron chi connectivity index (χ0n) is 10.6. The first-order valence-electron chi connectivity index (χ1n) is 5.95. The number of halogens is 2. The third-order valence-corrected chi connectivity index (χ3v) is 4.10. The van der Waals surface area contributed by atoms with Crippen LogP contribution in [0.15, 0.2) is 35.8 Å². The van der Waals surface area contributed by atoms with Crippen molar-refractivity contribution >= 4 is 50.4 Å². The quantitative estimate of drug-likeness (QED) is 0.703. The summed E-state index contributed by atoms with van der Waals surface area (Å²) in [6.45, 7) is 0. The van der Waals surface area contributed by atoms with Gasteiger partial charge in [0.05, 0.1) is 32.2 Å². The molecule has 0 unspecified atom stereocenters. The average Bonchev–Trinajstić information content (AvgIpc) is 2.93. The molecule has 3 rings (SSSR count). The minimum Gasteiger partial charge on any atom is -0.396 e. The average molecular weight is 322 g/mol. The number of hydrogen-bond acceptors (Lipinski definition) is 4. The van der Waals surface area contributed by atoms with Gasteiger partial charge in [0, 0.05) is 0 Å². The van der Waals surface area contributed by atoms with Crippen molar-refractivity contribution in [3.63, 3.8) is 0 Å². The van der Waals surface area contributed by atoms with Crippen molar-refractivity contribution in [2.45, 2.75) is 0 Å². The van der Waals surface area contributed by atoms with Gasteiger partial charge in [-0.15, -0.1) is 11.3 Å². The van der Waals surface area contributed by atoms with Gasteiger partial charge in [0.2, 0.25) is 0 Å². The van der Waals surface area contributed by atoms with Crippen LogP contribution in [-0.2, 0) is 0 Å². The smallest absolute Gasteiger partial charge is 0.257 e. The lowest BCUT2D eigenvalue weighted by Crippen LogP contribution is -2.15. The van der Waals surface area contributed by atoms with Crippen molar-refractivity contribution in [1.82, 2.24) is 4.98 Å². The summed E-state index contributed by atoms with van der Waals surface area (Å²) < 4.78 is 14.3. The van der Waals surface area contributed by atoms with Crippen LogP contribution >= 0.6 is 22.9 Å². The Hall–Kier alpha value is -2.18. The van der Waals surface area contributed by atoms with Crippen LogP contribution < -0.4 is 11.1 Å². The molecule has 3 aromatic rings. The topological polar surface area (TPSA) is 68.0 Å². The number of fused-ring (bicyclic) bond motifs is 1. The van der Waals surface area contributed by atoms with E-state index >= 15 is 0 Å². The summed E-state index contributed by atoms with van der Waals surface area (Å²) in [4.78, 5) is 16.4. The van der Waals surface area contributed by atoms with E-state index in [4.69, 9.17) is 17.3 Å². The van der Waals surface area contributed by atoms with Crippen LogP contribution in [0.2, 0.25) is 5.02 Å². The van der Waals surface area contributed by atoms with Crippen molar-refractivity contribution < 1.29 is 9.18 Å². The number of nitrogens with one attached hydrogen (secondary N) is 1. The van der Waals surface area contributed by atoms with E-state index in [1.807, 2.05) is 6.07 Å². The maximum Gasteiger partial charge on any atom is 0.257 e. The number of nitrogens with two attached hydrogens (primary N) is 1. The number of hydrogen-bond donors (Lipinski definition) is 2. The van der Waals surface area contributed by atoms with Crippen molar-refractivity contribution in [2.75, 3.05) is 11.1 Å². The molecule has 0 saturated carbocycles. The van der Waals surface area contributed by atoms with E-state index in [-0.39, 0.29) is 11.3 Å². The Balaban J connectivity index is 2.02. The molecule has 2 aromatic carbocycles. The minimum absolute atomic E-state index is 0.0540. The molecule has 21 heavy (non-hydrogen) atoms. The molecule has 0 aliphatic rings. The standard InChI is InChI=1S/C14H9ClFN3OS/c15-8-4-5-10-13(18-6-21-10)12(8)19-14(20)7-2-1-3-9(16)11(7)17/h1-6H,17H2,(H,19,20). The molecule has 0 fully saturated rings. The summed E-state index contributed by atoms with van der Waals surface area (Å²) in [5.41, 5.74) is 8.09. The van der Waals surface area contributed by atoms with E-state index in [9.17, 15) is 9.18 Å². The minimum atomic E-state index is -0.638. The fraction of sp³-hybridized carbons (Fsp3) is 0. The summed E-state index contributed by atoms with van der Waals surface area (Å²) in [6.07, 6.45) is 0. The fourth-order valence-corrected chi connectivity index (χ4v) is 2.83. The maximum atomic E-state index is 13.4. The molecule has 4 nitrogen and oxygen atoms in total. The molecule has 0 bridgehead atoms. The molecule has 1 heterocycles. The second-order valence-corrected chi connectivity index (χ2v) is 5.57. The molecular formula is C14H9ClFN3OS. The number of carbonyl (C=O) groups excluding carboxylic acids is 1. The van der Waals surface area contributed by atoms with Crippen LogP contribution in [0.3, 0.4) is 0 Å². The van der Waals surface area contributed by atoms with E-state index in [1.54, 1.807) is 11.6 Å². The third-order valence-electron chi connectivity index (χ3n) is 2.99. The molecule has 7 heteroatoms. The highest BCUT2D eigenvalue weighted by atomic mass is 35.5. The largest absolute Gasteiger partial charge is 0.396 e. The number of amides is 1. The van der Waals surface area contributed by atoms with E-state index < -0.39 is 11.7 Å². The van der Waals surface area contributed by atoms with Gasteiger partial charge in [0.15, 0.2) is 0 Å². The van der Waals surface area contributed by atoms with Crippen LogP contribution in [0, 0.1) is 5.82 Å². The number of nitrogens with zero attached hydrogens (tertiary/aromatic N) is 1. The highest BCUT2D eigenvalue weighted by Crippen LogP contribution is 2.32. The summed E-state index contributed by atoms with van der Waals surface area (Å²) in [7, 11) is 0. The van der Waals surface area contributed by atoms with Crippen molar-refractivity contribution in [3.8, 4) is 0 Å². The first kappa shape index (κ1) is 13.8. The SMILES string of the molecule is Nc1c(F)cccc1C(=O)Nc1c(Cl)ccc2scnc12. The normalized spacial score (nSPS) is 10.8. The molecular weight excluding hydrogens is 313 g/mol. The highest BCUT2D eigenvalue weighted by molar-refractivity contribution is 7.16. The molecule has 1 aromatic heterocycles. The van der Waals surface area contributed by atoms with Crippen LogP contribution in [0.5, 0.6) is 0 Å². The molecule has 0 atom stereocenters. The van der Waals surface area contributed by atoms with Gasteiger partial charge in [-0.2, -0.15) is 0 Å². The molecule has 106 valence electrons. The molecule has 0 radical (unpaired) electrons. The number of anilines is 2. The van der Waals surface area contributed by atoms with Gasteiger partial charge in [-0.3, -0.25) is 4.79 Å². The molecule has 3 N–H and O–H groups in total. The number of thiazole rings is 1. The Morgan fingerprint density at radius 2 is 2.14 bits per heavy atom. The van der Waals surface area contributed by atoms with Gasteiger partial charge in [-0.1, -0.05) is 17.7 Å². The molecule has 1 amide bonds. The lowest BCUT2D eigenvalue weighted by atomic mass is 10.1. The van der Waals surface area contributed by atoms with Gasteiger partial charge in [0.1, 0.15) is 11.3 Å². The van der Waals surface area contributed by atoms with Crippen molar-refractivity contribution in [2.24, 2.45) is 0 Å². The predicted molar refractivity (Wildman–Crippen MR) is 83.4 cm³/mol. The second-order valence-electron chi connectivity index (χ2n) is 4.28. The zero-order valence-corrected chi connectivity index (χ0v) is 12.1. The number of nitrogen functional groups attached to an aromatic ring is 1. The molecule has 0 spiro atoms. The molecule has 0 aliphatic carbocycles. The lowest BCUT2D eigenvalue weighted by Gasteiger charge is -2.10. The van der Waals surface area contributed by atoms with E-state index in [2.05, 4.69) is 10.3 Å². The number of carbonyl (C=O) groups is 1. The monoisotopic (exact) mass is 321 g/mol. The Morgan fingerprint density at radius 3 is 2.95 bits per heavy atom. The van der Waals surface area contributed by atoms with Gasteiger partial charge >= 0.3 is 0 Å². The predicted octanol–water partition coefficient (Wildman–Crippen LogP) is 3.92. The van der Waals surface area contributed by atoms with E-state index in [0.717, 1.165) is 4.70 Å². The number of aromatic nitrogens is 1. The zero-order chi connectivity index (χ0) is 15.0. The summed E-state index contributed by atoms with van der Waals surface area (Å²) in [5.74, 6) is -1.17. The summed E-state index contributed by atoms with van der Waals surface area (Å²) >= 11 is 7.54. The van der Waals surface area contributed by atoms with Crippen LogP contribution in [0.1, 0.15) is 10.4 Å². The number of benzene rings is 2. The first-order chi connectivity index (χ1) is 10.1. The maximum absolute atomic E-state index is 13.4. The summed E-state index contributed by atoms with van der Waals surface area (Å²) in [5, 5.41) is 3.01. The Labute approximate surface area is 128 Å². The highest BCUT2D eigenvalue weighted by Gasteiger charge is 2.16. The Bertz CT molecular complexity index is 849. The molecule has 0 aliphatic heterocycles. The van der Waals surface area contributed by atoms with E-state index in [0.29, 0.717) is 16.2 Å². The first-order valence-corrected chi connectivity index (χ1v) is 7.20. The third kappa shape index (κ3) is 2.43. The van der Waals surface area contributed by atoms with Gasteiger partial charge in [-0.05, 0) is 24.3 Å². The number of para-hydroxylation sites is 1. The fourth-order valence-electron chi connectivity index (χ4n) is 1.94. The molecule has 0 saturated heterocycles. The second kappa shape index (κ2) is 5.31. The Kier molecular flexibility index (Phi) is 3.48. The van der Waals surface area contributed by atoms with Crippen LogP contribution in [-0.4, -0.2) is 10.9 Å². The Morgan fingerprint density at radius 1 is 1.33 bits per heavy atom. The summed E-state index contributed by atoms with van der Waals surface area (Å²) in [6, 6.07) is 7.56. The van der Waals surface area contributed by atoms with Gasteiger partial charge in [0.25, 0.3) is 5.91 Å². The van der Waals surface area contributed by atoms with Crippen LogP contribution in [0.25, 0.3) is 10.2 Å².